The molecule has 2 unspecified atom stereocenters. The lowest BCUT2D eigenvalue weighted by atomic mass is 10.0. The van der Waals surface area contributed by atoms with E-state index in [4.69, 9.17) is 4.99 Å². The zero-order valence-corrected chi connectivity index (χ0v) is 17.1. The number of carbonyl (C=O) groups excluding carboxylic acids is 1. The number of nitrogens with one attached hydrogen (secondary N) is 2. The molecule has 152 valence electrons. The molecule has 6 heteroatoms. The van der Waals surface area contributed by atoms with E-state index in [1.807, 2.05) is 38.1 Å². The van der Waals surface area contributed by atoms with E-state index in [1.54, 1.807) is 0 Å². The largest absolute Gasteiger partial charge is 0.351 e. The average molecular weight is 393 g/mol. The van der Waals surface area contributed by atoms with Gasteiger partial charge in [-0.1, -0.05) is 43.2 Å². The van der Waals surface area contributed by atoms with E-state index in [9.17, 15) is 9.59 Å². The zero-order chi connectivity index (χ0) is 20.4. The monoisotopic (exact) mass is 392 g/mol. The standard InChI is InChI=1S/C23H28N4O2/c1-15-13-16(2)25-22(28)18(15)14-24-23(29)20-19-11-7-4-8-12-27(19)21(26-20)17-9-5-3-6-10-17/h3,5-6,9-10,13,19-20H,4,7-8,11-12,14H2,1-2H3,(H,24,29)(H,25,28). The maximum absolute atomic E-state index is 13.1. The second-order valence-corrected chi connectivity index (χ2v) is 8.03. The number of fused-ring (bicyclic) bond motifs is 1. The second kappa shape index (κ2) is 8.23. The van der Waals surface area contributed by atoms with Crippen LogP contribution < -0.4 is 10.9 Å². The summed E-state index contributed by atoms with van der Waals surface area (Å²) in [6, 6.07) is 11.7. The summed E-state index contributed by atoms with van der Waals surface area (Å²) in [4.78, 5) is 35.3. The molecule has 2 aliphatic heterocycles. The third-order valence-electron chi connectivity index (χ3n) is 5.93. The van der Waals surface area contributed by atoms with Crippen molar-refractivity contribution >= 4 is 11.7 Å². The van der Waals surface area contributed by atoms with E-state index in [0.29, 0.717) is 5.56 Å². The highest BCUT2D eigenvalue weighted by Gasteiger charge is 2.40. The normalized spacial score (nSPS) is 21.3. The number of rotatable bonds is 4. The van der Waals surface area contributed by atoms with Crippen LogP contribution in [0.5, 0.6) is 0 Å². The number of H-pyrrole nitrogens is 1. The molecule has 1 fully saturated rings. The number of nitrogens with zero attached hydrogens (tertiary/aromatic N) is 2. The summed E-state index contributed by atoms with van der Waals surface area (Å²) >= 11 is 0. The molecule has 29 heavy (non-hydrogen) atoms. The predicted octanol–water partition coefficient (Wildman–Crippen LogP) is 2.68. The van der Waals surface area contributed by atoms with Crippen molar-refractivity contribution in [3.63, 3.8) is 0 Å². The maximum Gasteiger partial charge on any atom is 0.253 e. The number of aromatic amines is 1. The molecule has 2 atom stereocenters. The van der Waals surface area contributed by atoms with E-state index < -0.39 is 6.04 Å². The lowest BCUT2D eigenvalue weighted by molar-refractivity contribution is -0.123. The molecule has 0 radical (unpaired) electrons. The van der Waals surface area contributed by atoms with Gasteiger partial charge in [0.2, 0.25) is 5.91 Å². The molecule has 6 nitrogen and oxygen atoms in total. The Bertz CT molecular complexity index is 980. The van der Waals surface area contributed by atoms with Gasteiger partial charge in [0.25, 0.3) is 5.56 Å². The van der Waals surface area contributed by atoms with Crippen LogP contribution in [0.1, 0.15) is 48.1 Å². The molecular formula is C23H28N4O2. The maximum atomic E-state index is 13.1. The number of amides is 1. The van der Waals surface area contributed by atoms with Gasteiger partial charge in [0.05, 0.1) is 6.04 Å². The number of carbonyl (C=O) groups is 1. The lowest BCUT2D eigenvalue weighted by Crippen LogP contribution is -2.46. The fraction of sp³-hybridized carbons (Fsp3) is 0.435. The summed E-state index contributed by atoms with van der Waals surface area (Å²) in [5, 5.41) is 2.97. The van der Waals surface area contributed by atoms with Crippen molar-refractivity contribution in [1.82, 2.24) is 15.2 Å². The number of aliphatic imine (C=N–C) groups is 1. The van der Waals surface area contributed by atoms with Gasteiger partial charge in [-0.15, -0.1) is 0 Å². The Labute approximate surface area is 171 Å². The Morgan fingerprint density at radius 3 is 2.76 bits per heavy atom. The van der Waals surface area contributed by atoms with Crippen LogP contribution in [0.2, 0.25) is 0 Å². The number of benzene rings is 1. The number of aromatic nitrogens is 1. The van der Waals surface area contributed by atoms with E-state index >= 15 is 0 Å². The topological polar surface area (TPSA) is 77.6 Å². The van der Waals surface area contributed by atoms with E-state index in [-0.39, 0.29) is 24.1 Å². The summed E-state index contributed by atoms with van der Waals surface area (Å²) in [5.74, 6) is 0.814. The molecule has 0 spiro atoms. The second-order valence-electron chi connectivity index (χ2n) is 8.03. The van der Waals surface area contributed by atoms with Crippen molar-refractivity contribution in [2.45, 2.75) is 58.2 Å². The van der Waals surface area contributed by atoms with Crippen LogP contribution in [0.4, 0.5) is 0 Å². The summed E-state index contributed by atoms with van der Waals surface area (Å²) < 4.78 is 0. The van der Waals surface area contributed by atoms with E-state index in [0.717, 1.165) is 48.5 Å². The van der Waals surface area contributed by atoms with Gasteiger partial charge in [0.1, 0.15) is 5.84 Å². The number of hydrogen-bond donors (Lipinski definition) is 2. The van der Waals surface area contributed by atoms with Crippen molar-refractivity contribution in [2.24, 2.45) is 4.99 Å². The third kappa shape index (κ3) is 3.97. The van der Waals surface area contributed by atoms with Crippen molar-refractivity contribution < 1.29 is 4.79 Å². The van der Waals surface area contributed by atoms with Crippen LogP contribution in [0.3, 0.4) is 0 Å². The van der Waals surface area contributed by atoms with Gasteiger partial charge in [-0.25, -0.2) is 0 Å². The van der Waals surface area contributed by atoms with Gasteiger partial charge < -0.3 is 15.2 Å². The molecule has 1 aromatic carbocycles. The Balaban J connectivity index is 1.56. The minimum atomic E-state index is -0.437. The molecule has 3 heterocycles. The Morgan fingerprint density at radius 2 is 2.00 bits per heavy atom. The Kier molecular flexibility index (Phi) is 5.51. The molecule has 2 aliphatic rings. The van der Waals surface area contributed by atoms with Crippen molar-refractivity contribution in [3.05, 3.63) is 69.1 Å². The highest BCUT2D eigenvalue weighted by molar-refractivity contribution is 6.03. The molecule has 0 saturated carbocycles. The predicted molar refractivity (Wildman–Crippen MR) is 114 cm³/mol. The fourth-order valence-electron chi connectivity index (χ4n) is 4.46. The zero-order valence-electron chi connectivity index (χ0n) is 17.1. The van der Waals surface area contributed by atoms with Crippen LogP contribution in [-0.4, -0.2) is 40.3 Å². The van der Waals surface area contributed by atoms with Gasteiger partial charge >= 0.3 is 0 Å². The highest BCUT2D eigenvalue weighted by Crippen LogP contribution is 2.29. The number of hydrogen-bond acceptors (Lipinski definition) is 4. The molecule has 1 amide bonds. The first-order valence-electron chi connectivity index (χ1n) is 10.4. The first kappa shape index (κ1) is 19.4. The van der Waals surface area contributed by atoms with E-state index in [1.165, 1.54) is 6.42 Å². The van der Waals surface area contributed by atoms with Crippen LogP contribution in [-0.2, 0) is 11.3 Å². The first-order chi connectivity index (χ1) is 14.0. The fourth-order valence-corrected chi connectivity index (χ4v) is 4.46. The molecule has 1 saturated heterocycles. The Morgan fingerprint density at radius 1 is 1.21 bits per heavy atom. The summed E-state index contributed by atoms with van der Waals surface area (Å²) in [7, 11) is 0. The van der Waals surface area contributed by atoms with Crippen LogP contribution in [0, 0.1) is 13.8 Å². The quantitative estimate of drug-likeness (QED) is 0.840. The number of pyridine rings is 1. The minimum absolute atomic E-state index is 0.0881. The van der Waals surface area contributed by atoms with Crippen LogP contribution in [0.15, 0.2) is 46.2 Å². The Hall–Kier alpha value is -2.89. The van der Waals surface area contributed by atoms with Crippen LogP contribution in [0.25, 0.3) is 0 Å². The minimum Gasteiger partial charge on any atom is -0.351 e. The third-order valence-corrected chi connectivity index (χ3v) is 5.93. The molecule has 0 aliphatic carbocycles. The number of aryl methyl sites for hydroxylation is 2. The van der Waals surface area contributed by atoms with Crippen molar-refractivity contribution in [3.8, 4) is 0 Å². The van der Waals surface area contributed by atoms with Gasteiger partial charge in [-0.2, -0.15) is 0 Å². The average Bonchev–Trinajstić information content (AvgIpc) is 2.89. The molecule has 0 bridgehead atoms. The van der Waals surface area contributed by atoms with Crippen LogP contribution >= 0.6 is 0 Å². The molecule has 2 aromatic rings. The van der Waals surface area contributed by atoms with Crippen molar-refractivity contribution in [1.29, 1.82) is 0 Å². The highest BCUT2D eigenvalue weighted by atomic mass is 16.2. The number of amidine groups is 1. The van der Waals surface area contributed by atoms with Gasteiger partial charge in [0.15, 0.2) is 6.04 Å². The van der Waals surface area contributed by atoms with Gasteiger partial charge in [-0.3, -0.25) is 14.6 Å². The summed E-state index contributed by atoms with van der Waals surface area (Å²) in [5.41, 5.74) is 3.23. The smallest absolute Gasteiger partial charge is 0.253 e. The molecule has 4 rings (SSSR count). The molecular weight excluding hydrogens is 364 g/mol. The SMILES string of the molecule is Cc1cc(C)c(CNC(=O)C2N=C(c3ccccc3)N3CCCCCC23)c(=O)[nH]1. The summed E-state index contributed by atoms with van der Waals surface area (Å²) in [6.45, 7) is 4.91. The molecule has 1 aromatic heterocycles. The molecule has 2 N–H and O–H groups in total. The summed E-state index contributed by atoms with van der Waals surface area (Å²) in [6.07, 6.45) is 4.37. The lowest BCUT2D eigenvalue weighted by Gasteiger charge is -2.28. The first-order valence-corrected chi connectivity index (χ1v) is 10.4. The van der Waals surface area contributed by atoms with E-state index in [2.05, 4.69) is 27.3 Å². The van der Waals surface area contributed by atoms with Crippen molar-refractivity contribution in [2.75, 3.05) is 6.54 Å². The van der Waals surface area contributed by atoms with Gasteiger partial charge in [0, 0.05) is 29.9 Å². The van der Waals surface area contributed by atoms with Gasteiger partial charge in [-0.05, 0) is 38.3 Å².